The Balaban J connectivity index is 1.34. The predicted molar refractivity (Wildman–Crippen MR) is 102 cm³/mol. The van der Waals surface area contributed by atoms with Crippen LogP contribution in [0.1, 0.15) is 27.6 Å². The van der Waals surface area contributed by atoms with Gasteiger partial charge in [-0.05, 0) is 17.0 Å². The summed E-state index contributed by atoms with van der Waals surface area (Å²) in [7, 11) is 0. The fraction of sp³-hybridized carbons (Fsp3) is 0.350. The van der Waals surface area contributed by atoms with Gasteiger partial charge in [0, 0.05) is 32.6 Å². The van der Waals surface area contributed by atoms with Gasteiger partial charge in [0.05, 0.1) is 17.5 Å². The van der Waals surface area contributed by atoms with E-state index in [9.17, 15) is 14.4 Å². The second kappa shape index (κ2) is 7.62. The lowest BCUT2D eigenvalue weighted by atomic mass is 9.98. The van der Waals surface area contributed by atoms with Crippen LogP contribution in [-0.2, 0) is 9.59 Å². The highest BCUT2D eigenvalue weighted by Gasteiger charge is 2.40. The van der Waals surface area contributed by atoms with Gasteiger partial charge in [0.2, 0.25) is 11.8 Å². The number of hydrogen-bond donors (Lipinski definition) is 0. The van der Waals surface area contributed by atoms with Gasteiger partial charge < -0.3 is 4.90 Å². The van der Waals surface area contributed by atoms with Crippen molar-refractivity contribution >= 4 is 29.1 Å². The molecule has 0 saturated carbocycles. The molecular formula is C20H21N3O3S. The largest absolute Gasteiger partial charge is 0.335 e. The summed E-state index contributed by atoms with van der Waals surface area (Å²) in [5.41, 5.74) is 0.893. The predicted octanol–water partition coefficient (Wildman–Crippen LogP) is 2.01. The summed E-state index contributed by atoms with van der Waals surface area (Å²) in [5.74, 6) is -0.559. The van der Waals surface area contributed by atoms with Gasteiger partial charge in [0.15, 0.2) is 0 Å². The van der Waals surface area contributed by atoms with Gasteiger partial charge in [0.1, 0.15) is 0 Å². The van der Waals surface area contributed by atoms with Crippen LogP contribution in [0.5, 0.6) is 0 Å². The Morgan fingerprint density at radius 3 is 2.41 bits per heavy atom. The van der Waals surface area contributed by atoms with Crippen molar-refractivity contribution in [2.24, 2.45) is 0 Å². The van der Waals surface area contributed by atoms with Crippen LogP contribution >= 0.6 is 11.3 Å². The Kier molecular flexibility index (Phi) is 5.05. The average Bonchev–Trinajstić information content (AvgIpc) is 3.33. The third-order valence-electron chi connectivity index (χ3n) is 5.18. The Hall–Kier alpha value is -2.51. The van der Waals surface area contributed by atoms with E-state index in [4.69, 9.17) is 0 Å². The van der Waals surface area contributed by atoms with Gasteiger partial charge in [-0.25, -0.2) is 0 Å². The molecular weight excluding hydrogens is 362 g/mol. The maximum Gasteiger partial charge on any atom is 0.264 e. The molecule has 3 amide bonds. The molecule has 2 saturated heterocycles. The van der Waals surface area contributed by atoms with Crippen molar-refractivity contribution in [2.45, 2.75) is 12.3 Å². The molecule has 6 nitrogen and oxygen atoms in total. The number of thiophene rings is 1. The number of benzene rings is 1. The lowest BCUT2D eigenvalue weighted by Gasteiger charge is -2.36. The van der Waals surface area contributed by atoms with Gasteiger partial charge in [-0.1, -0.05) is 36.4 Å². The third kappa shape index (κ3) is 3.65. The topological polar surface area (TPSA) is 60.9 Å². The average molecular weight is 383 g/mol. The number of imide groups is 1. The van der Waals surface area contributed by atoms with Crippen LogP contribution in [0.4, 0.5) is 0 Å². The number of likely N-dealkylation sites (tertiary alicyclic amines) is 1. The molecule has 0 aliphatic carbocycles. The molecule has 0 bridgehead atoms. The number of carbonyl (C=O) groups is 3. The van der Waals surface area contributed by atoms with Crippen LogP contribution in [0, 0.1) is 0 Å². The molecule has 2 fully saturated rings. The Labute approximate surface area is 162 Å². The van der Waals surface area contributed by atoms with Crippen LogP contribution in [-0.4, -0.2) is 65.3 Å². The van der Waals surface area contributed by atoms with Crippen molar-refractivity contribution in [1.82, 2.24) is 14.7 Å². The molecule has 2 aliphatic rings. The first kappa shape index (κ1) is 17.9. The van der Waals surface area contributed by atoms with E-state index in [0.717, 1.165) is 10.4 Å². The molecule has 0 unspecified atom stereocenters. The molecule has 1 aromatic carbocycles. The zero-order valence-electron chi connectivity index (χ0n) is 14.9. The van der Waals surface area contributed by atoms with E-state index < -0.39 is 0 Å². The van der Waals surface area contributed by atoms with Crippen molar-refractivity contribution in [3.63, 3.8) is 0 Å². The SMILES string of the molecule is O=C(c1cccs1)N1CCN(CN2C(=O)C[C@@H](c3ccccc3)C2=O)CC1. The molecule has 2 aromatic rings. The van der Waals surface area contributed by atoms with Crippen molar-refractivity contribution in [3.8, 4) is 0 Å². The number of piperazine rings is 1. The molecule has 4 rings (SSSR count). The van der Waals surface area contributed by atoms with Crippen molar-refractivity contribution in [1.29, 1.82) is 0 Å². The van der Waals surface area contributed by atoms with E-state index >= 15 is 0 Å². The summed E-state index contributed by atoms with van der Waals surface area (Å²) < 4.78 is 0. The molecule has 140 valence electrons. The van der Waals surface area contributed by atoms with Crippen molar-refractivity contribution in [3.05, 3.63) is 58.3 Å². The second-order valence-corrected chi connectivity index (χ2v) is 7.80. The summed E-state index contributed by atoms with van der Waals surface area (Å²) in [4.78, 5) is 43.6. The Morgan fingerprint density at radius 2 is 1.74 bits per heavy atom. The Morgan fingerprint density at radius 1 is 1.00 bits per heavy atom. The van der Waals surface area contributed by atoms with Gasteiger partial charge >= 0.3 is 0 Å². The lowest BCUT2D eigenvalue weighted by Crippen LogP contribution is -2.52. The van der Waals surface area contributed by atoms with Gasteiger partial charge in [-0.15, -0.1) is 11.3 Å². The number of carbonyl (C=O) groups excluding carboxylic acids is 3. The van der Waals surface area contributed by atoms with Crippen LogP contribution in [0.15, 0.2) is 47.8 Å². The second-order valence-electron chi connectivity index (χ2n) is 6.86. The summed E-state index contributed by atoms with van der Waals surface area (Å²) >= 11 is 1.45. The van der Waals surface area contributed by atoms with Crippen molar-refractivity contribution in [2.75, 3.05) is 32.8 Å². The minimum absolute atomic E-state index is 0.0575. The smallest absolute Gasteiger partial charge is 0.264 e. The molecule has 7 heteroatoms. The fourth-order valence-corrected chi connectivity index (χ4v) is 4.32. The molecule has 0 spiro atoms. The van der Waals surface area contributed by atoms with Gasteiger partial charge in [-0.2, -0.15) is 0 Å². The first-order valence-corrected chi connectivity index (χ1v) is 9.96. The minimum Gasteiger partial charge on any atom is -0.335 e. The first-order valence-electron chi connectivity index (χ1n) is 9.08. The van der Waals surface area contributed by atoms with Crippen molar-refractivity contribution < 1.29 is 14.4 Å². The highest BCUT2D eigenvalue weighted by molar-refractivity contribution is 7.12. The van der Waals surface area contributed by atoms with Gasteiger partial charge in [-0.3, -0.25) is 24.2 Å². The molecule has 3 heterocycles. The molecule has 27 heavy (non-hydrogen) atoms. The van der Waals surface area contributed by atoms with Crippen LogP contribution < -0.4 is 0 Å². The third-order valence-corrected chi connectivity index (χ3v) is 6.04. The first-order chi connectivity index (χ1) is 13.1. The van der Waals surface area contributed by atoms with Gasteiger partial charge in [0.25, 0.3) is 5.91 Å². The van der Waals surface area contributed by atoms with E-state index in [0.29, 0.717) is 32.8 Å². The highest BCUT2D eigenvalue weighted by atomic mass is 32.1. The maximum atomic E-state index is 12.7. The van der Waals surface area contributed by atoms with Crippen LogP contribution in [0.3, 0.4) is 0 Å². The number of hydrogen-bond acceptors (Lipinski definition) is 5. The zero-order valence-corrected chi connectivity index (χ0v) is 15.7. The van der Waals surface area contributed by atoms with Crippen LogP contribution in [0.25, 0.3) is 0 Å². The van der Waals surface area contributed by atoms with E-state index in [-0.39, 0.29) is 30.1 Å². The molecule has 0 N–H and O–H groups in total. The number of rotatable bonds is 4. The Bertz CT molecular complexity index is 829. The number of amides is 3. The van der Waals surface area contributed by atoms with E-state index in [1.807, 2.05) is 52.7 Å². The summed E-state index contributed by atoms with van der Waals surface area (Å²) in [5, 5.41) is 1.90. The molecule has 1 aromatic heterocycles. The van der Waals surface area contributed by atoms with E-state index in [1.54, 1.807) is 0 Å². The van der Waals surface area contributed by atoms with Crippen LogP contribution in [0.2, 0.25) is 0 Å². The highest BCUT2D eigenvalue weighted by Crippen LogP contribution is 2.29. The molecule has 2 aliphatic heterocycles. The zero-order chi connectivity index (χ0) is 18.8. The van der Waals surface area contributed by atoms with E-state index in [1.165, 1.54) is 16.2 Å². The lowest BCUT2D eigenvalue weighted by molar-refractivity contribution is -0.141. The van der Waals surface area contributed by atoms with E-state index in [2.05, 4.69) is 4.90 Å². The monoisotopic (exact) mass is 383 g/mol. The minimum atomic E-state index is -0.375. The number of nitrogens with zero attached hydrogens (tertiary/aromatic N) is 3. The normalized spacial score (nSPS) is 21.1. The standard InChI is InChI=1S/C20H21N3O3S/c24-18-13-16(15-5-2-1-3-6-15)19(25)23(18)14-21-8-10-22(11-9-21)20(26)17-7-4-12-27-17/h1-7,12,16H,8-11,13-14H2/t16-/m0/s1. The fourth-order valence-electron chi connectivity index (χ4n) is 3.63. The quantitative estimate of drug-likeness (QED) is 0.758. The summed E-state index contributed by atoms with van der Waals surface area (Å²) in [6, 6.07) is 13.2. The summed E-state index contributed by atoms with van der Waals surface area (Å²) in [6.07, 6.45) is 0.236. The molecule has 0 radical (unpaired) electrons. The maximum absolute atomic E-state index is 12.7. The summed E-state index contributed by atoms with van der Waals surface area (Å²) in [6.45, 7) is 2.83. The molecule has 1 atom stereocenters.